The first-order valence-electron chi connectivity index (χ1n) is 6.69. The highest BCUT2D eigenvalue weighted by Crippen LogP contribution is 2.29. The summed E-state index contributed by atoms with van der Waals surface area (Å²) in [5.74, 6) is -0.241. The van der Waals surface area contributed by atoms with Gasteiger partial charge in [-0.3, -0.25) is 9.78 Å². The predicted molar refractivity (Wildman–Crippen MR) is 76.0 cm³/mol. The Morgan fingerprint density at radius 2 is 1.82 bits per heavy atom. The maximum absolute atomic E-state index is 12.4. The highest BCUT2D eigenvalue weighted by molar-refractivity contribution is 5.78. The zero-order valence-corrected chi connectivity index (χ0v) is 11.9. The lowest BCUT2D eigenvalue weighted by molar-refractivity contribution is -0.137. The van der Waals surface area contributed by atoms with Gasteiger partial charge in [0.2, 0.25) is 5.91 Å². The topological polar surface area (TPSA) is 42.0 Å². The summed E-state index contributed by atoms with van der Waals surface area (Å²) in [5.41, 5.74) is 1.60. The second kappa shape index (κ2) is 6.60. The first kappa shape index (κ1) is 16.0. The van der Waals surface area contributed by atoms with E-state index in [2.05, 4.69) is 10.3 Å². The largest absolute Gasteiger partial charge is 0.416 e. The van der Waals surface area contributed by atoms with Crippen molar-refractivity contribution in [3.05, 3.63) is 65.0 Å². The van der Waals surface area contributed by atoms with Crippen molar-refractivity contribution < 1.29 is 18.0 Å². The van der Waals surface area contributed by atoms with Gasteiger partial charge in [-0.1, -0.05) is 12.1 Å². The van der Waals surface area contributed by atoms with Gasteiger partial charge in [-0.05, 0) is 42.3 Å². The number of carbonyl (C=O) groups is 1. The summed E-state index contributed by atoms with van der Waals surface area (Å²) < 4.78 is 37.3. The molecule has 3 nitrogen and oxygen atoms in total. The molecule has 0 aliphatic rings. The van der Waals surface area contributed by atoms with E-state index in [0.29, 0.717) is 12.1 Å². The Morgan fingerprint density at radius 1 is 1.14 bits per heavy atom. The predicted octanol–water partition coefficient (Wildman–Crippen LogP) is 3.27. The van der Waals surface area contributed by atoms with Crippen LogP contribution in [0.15, 0.2) is 42.6 Å². The summed E-state index contributed by atoms with van der Waals surface area (Å²) in [5, 5.41) is 2.73. The van der Waals surface area contributed by atoms with Gasteiger partial charge in [0.25, 0.3) is 0 Å². The molecule has 2 rings (SSSR count). The van der Waals surface area contributed by atoms with E-state index in [1.165, 1.54) is 12.1 Å². The third kappa shape index (κ3) is 4.58. The lowest BCUT2D eigenvalue weighted by Crippen LogP contribution is -2.24. The van der Waals surface area contributed by atoms with E-state index < -0.39 is 11.7 Å². The van der Waals surface area contributed by atoms with E-state index >= 15 is 0 Å². The second-order valence-corrected chi connectivity index (χ2v) is 4.95. The van der Waals surface area contributed by atoms with Crippen LogP contribution < -0.4 is 5.32 Å². The molecular weight excluding hydrogens is 293 g/mol. The zero-order chi connectivity index (χ0) is 16.2. The molecule has 0 unspecified atom stereocenters. The van der Waals surface area contributed by atoms with E-state index in [4.69, 9.17) is 0 Å². The van der Waals surface area contributed by atoms with Crippen LogP contribution in [0.1, 0.15) is 22.4 Å². The van der Waals surface area contributed by atoms with Gasteiger partial charge in [-0.25, -0.2) is 0 Å². The minimum absolute atomic E-state index is 0.0439. The van der Waals surface area contributed by atoms with Crippen LogP contribution in [0.2, 0.25) is 0 Å². The smallest absolute Gasteiger partial charge is 0.352 e. The number of nitrogens with one attached hydrogen (secondary N) is 1. The molecule has 0 bridgehead atoms. The molecule has 6 heteroatoms. The lowest BCUT2D eigenvalue weighted by Gasteiger charge is -2.08. The van der Waals surface area contributed by atoms with Gasteiger partial charge in [-0.15, -0.1) is 0 Å². The standard InChI is InChI=1S/C16H15F3N2O/c1-11-8-13(6-7-20-11)10-21-15(22)9-12-2-4-14(5-3-12)16(17,18)19/h2-8H,9-10H2,1H3,(H,21,22). The highest BCUT2D eigenvalue weighted by Gasteiger charge is 2.29. The minimum Gasteiger partial charge on any atom is -0.352 e. The van der Waals surface area contributed by atoms with Crippen molar-refractivity contribution in [3.8, 4) is 0 Å². The third-order valence-corrected chi connectivity index (χ3v) is 3.10. The summed E-state index contributed by atoms with van der Waals surface area (Å²) in [4.78, 5) is 15.9. The number of amides is 1. The molecule has 116 valence electrons. The average molecular weight is 308 g/mol. The molecule has 22 heavy (non-hydrogen) atoms. The number of carbonyl (C=O) groups excluding carboxylic acids is 1. The van der Waals surface area contributed by atoms with Crippen molar-refractivity contribution in [3.63, 3.8) is 0 Å². The van der Waals surface area contributed by atoms with E-state index in [0.717, 1.165) is 23.4 Å². The van der Waals surface area contributed by atoms with E-state index in [-0.39, 0.29) is 12.3 Å². The van der Waals surface area contributed by atoms with Crippen LogP contribution in [0.4, 0.5) is 13.2 Å². The molecule has 0 saturated carbocycles. The molecule has 1 aromatic carbocycles. The van der Waals surface area contributed by atoms with Crippen molar-refractivity contribution in [2.24, 2.45) is 0 Å². The van der Waals surface area contributed by atoms with Gasteiger partial charge >= 0.3 is 6.18 Å². The molecule has 1 N–H and O–H groups in total. The molecule has 0 atom stereocenters. The van der Waals surface area contributed by atoms with Crippen LogP contribution in [0.3, 0.4) is 0 Å². The zero-order valence-electron chi connectivity index (χ0n) is 11.9. The van der Waals surface area contributed by atoms with Crippen LogP contribution in [0.5, 0.6) is 0 Å². The number of hydrogen-bond donors (Lipinski definition) is 1. The minimum atomic E-state index is -4.36. The maximum Gasteiger partial charge on any atom is 0.416 e. The molecule has 0 spiro atoms. The van der Waals surface area contributed by atoms with Crippen molar-refractivity contribution in [1.29, 1.82) is 0 Å². The summed E-state index contributed by atoms with van der Waals surface area (Å²) in [6.07, 6.45) is -2.66. The lowest BCUT2D eigenvalue weighted by atomic mass is 10.1. The Bertz CT molecular complexity index is 651. The molecule has 0 saturated heterocycles. The molecule has 1 aromatic heterocycles. The second-order valence-electron chi connectivity index (χ2n) is 4.95. The first-order chi connectivity index (χ1) is 10.3. The summed E-state index contributed by atoms with van der Waals surface area (Å²) in [6.45, 7) is 2.22. The monoisotopic (exact) mass is 308 g/mol. The molecule has 2 aromatic rings. The number of alkyl halides is 3. The van der Waals surface area contributed by atoms with Gasteiger partial charge in [0, 0.05) is 18.4 Å². The normalized spacial score (nSPS) is 11.3. The quantitative estimate of drug-likeness (QED) is 0.942. The van der Waals surface area contributed by atoms with Crippen LogP contribution in [0.25, 0.3) is 0 Å². The fraction of sp³-hybridized carbons (Fsp3) is 0.250. The highest BCUT2D eigenvalue weighted by atomic mass is 19.4. The molecule has 0 aliphatic heterocycles. The summed E-state index contributed by atoms with van der Waals surface area (Å²) in [6, 6.07) is 8.26. The molecular formula is C16H15F3N2O. The van der Waals surface area contributed by atoms with E-state index in [1.54, 1.807) is 12.3 Å². The number of nitrogens with zero attached hydrogens (tertiary/aromatic N) is 1. The van der Waals surface area contributed by atoms with E-state index in [1.807, 2.05) is 13.0 Å². The Kier molecular flexibility index (Phi) is 4.80. The fourth-order valence-corrected chi connectivity index (χ4v) is 1.97. The Morgan fingerprint density at radius 3 is 2.41 bits per heavy atom. The van der Waals surface area contributed by atoms with Crippen molar-refractivity contribution in [2.75, 3.05) is 0 Å². The summed E-state index contributed by atoms with van der Waals surface area (Å²) >= 11 is 0. The van der Waals surface area contributed by atoms with Gasteiger partial charge in [0.05, 0.1) is 12.0 Å². The SMILES string of the molecule is Cc1cc(CNC(=O)Cc2ccc(C(F)(F)F)cc2)ccn1. The maximum atomic E-state index is 12.4. The van der Waals surface area contributed by atoms with Gasteiger partial charge in [0.15, 0.2) is 0 Å². The number of rotatable bonds is 4. The number of benzene rings is 1. The van der Waals surface area contributed by atoms with E-state index in [9.17, 15) is 18.0 Å². The van der Waals surface area contributed by atoms with Crippen molar-refractivity contribution in [2.45, 2.75) is 26.1 Å². The van der Waals surface area contributed by atoms with Gasteiger partial charge < -0.3 is 5.32 Å². The molecule has 0 aliphatic carbocycles. The van der Waals surface area contributed by atoms with Crippen LogP contribution in [0, 0.1) is 6.92 Å². The van der Waals surface area contributed by atoms with Crippen LogP contribution in [-0.4, -0.2) is 10.9 Å². The molecule has 0 radical (unpaired) electrons. The molecule has 0 fully saturated rings. The van der Waals surface area contributed by atoms with Crippen LogP contribution >= 0.6 is 0 Å². The number of aromatic nitrogens is 1. The van der Waals surface area contributed by atoms with Crippen molar-refractivity contribution >= 4 is 5.91 Å². The van der Waals surface area contributed by atoms with Gasteiger partial charge in [0.1, 0.15) is 0 Å². The molecule has 1 amide bonds. The Labute approximate surface area is 126 Å². The summed E-state index contributed by atoms with van der Waals surface area (Å²) in [7, 11) is 0. The number of hydrogen-bond acceptors (Lipinski definition) is 2. The number of pyridine rings is 1. The van der Waals surface area contributed by atoms with Crippen LogP contribution in [-0.2, 0) is 23.9 Å². The third-order valence-electron chi connectivity index (χ3n) is 3.10. The Hall–Kier alpha value is -2.37. The fourth-order valence-electron chi connectivity index (χ4n) is 1.97. The Balaban J connectivity index is 1.89. The number of halogens is 3. The van der Waals surface area contributed by atoms with Gasteiger partial charge in [-0.2, -0.15) is 13.2 Å². The first-order valence-corrected chi connectivity index (χ1v) is 6.69. The average Bonchev–Trinajstić information content (AvgIpc) is 2.45. The molecule has 1 heterocycles. The van der Waals surface area contributed by atoms with Crippen molar-refractivity contribution in [1.82, 2.24) is 10.3 Å². The number of aryl methyl sites for hydroxylation is 1.